The van der Waals surface area contributed by atoms with E-state index in [0.717, 1.165) is 11.1 Å². The number of carbonyl (C=O) groups is 1. The number of allylic oxidation sites excluding steroid dienone is 9. The Morgan fingerprint density at radius 3 is 2.64 bits per heavy atom. The number of carbonyl (C=O) groups excluding carboxylic acids is 1. The van der Waals surface area contributed by atoms with Crippen molar-refractivity contribution in [2.45, 2.75) is 53.9 Å². The van der Waals surface area contributed by atoms with Gasteiger partial charge >= 0.3 is 11.6 Å². The molecule has 1 heterocycles. The summed E-state index contributed by atoms with van der Waals surface area (Å²) in [6, 6.07) is 8.13. The third kappa shape index (κ3) is 6.55. The molecule has 2 aromatic rings. The van der Waals surface area contributed by atoms with E-state index in [9.17, 15) is 9.59 Å². The summed E-state index contributed by atoms with van der Waals surface area (Å²) in [6.45, 7) is 10.7. The lowest BCUT2D eigenvalue weighted by atomic mass is 9.72. The Kier molecular flexibility index (Phi) is 7.70. The summed E-state index contributed by atoms with van der Waals surface area (Å²) in [5.41, 5.74) is 4.83. The molecule has 0 spiro atoms. The molecule has 0 bridgehead atoms. The molecule has 1 aliphatic carbocycles. The zero-order valence-corrected chi connectivity index (χ0v) is 20.1. The maximum absolute atomic E-state index is 12.3. The Balaban J connectivity index is 1.66. The van der Waals surface area contributed by atoms with Crippen molar-refractivity contribution in [1.29, 1.82) is 0 Å². The number of esters is 1. The van der Waals surface area contributed by atoms with E-state index in [4.69, 9.17) is 9.15 Å². The first-order valence-corrected chi connectivity index (χ1v) is 11.3. The zero-order valence-electron chi connectivity index (χ0n) is 20.1. The van der Waals surface area contributed by atoms with Crippen molar-refractivity contribution < 1.29 is 13.9 Å². The fourth-order valence-corrected chi connectivity index (χ4v) is 4.17. The van der Waals surface area contributed by atoms with Gasteiger partial charge in [-0.1, -0.05) is 67.5 Å². The molecule has 1 aliphatic rings. The average Bonchev–Trinajstić information content (AvgIpc) is 2.72. The summed E-state index contributed by atoms with van der Waals surface area (Å²) >= 11 is 0. The number of benzene rings is 1. The molecular formula is C29H32O4. The molecule has 4 nitrogen and oxygen atoms in total. The van der Waals surface area contributed by atoms with Crippen LogP contribution in [0.5, 0.6) is 5.75 Å². The molecule has 0 atom stereocenters. The van der Waals surface area contributed by atoms with E-state index in [1.807, 2.05) is 25.2 Å². The SMILES string of the molecule is CC1=C(/C=C/C(C)=C/C=C/C(C)=C/C(=O)Oc2cc(=O)oc3ccccc23)C(C)(C)CCC1. The Morgan fingerprint density at radius 2 is 1.88 bits per heavy atom. The van der Waals surface area contributed by atoms with E-state index >= 15 is 0 Å². The van der Waals surface area contributed by atoms with Gasteiger partial charge in [-0.2, -0.15) is 0 Å². The Labute approximate surface area is 195 Å². The molecule has 4 heteroatoms. The van der Waals surface area contributed by atoms with Crippen LogP contribution in [-0.2, 0) is 4.79 Å². The minimum Gasteiger partial charge on any atom is -0.422 e. The van der Waals surface area contributed by atoms with E-state index in [-0.39, 0.29) is 11.2 Å². The van der Waals surface area contributed by atoms with Crippen LogP contribution in [0.25, 0.3) is 11.0 Å². The van der Waals surface area contributed by atoms with Crippen LogP contribution in [-0.4, -0.2) is 5.97 Å². The molecule has 0 N–H and O–H groups in total. The van der Waals surface area contributed by atoms with Crippen LogP contribution < -0.4 is 10.4 Å². The van der Waals surface area contributed by atoms with Gasteiger partial charge in [0.25, 0.3) is 0 Å². The number of ether oxygens (including phenoxy) is 1. The lowest BCUT2D eigenvalue weighted by Gasteiger charge is -2.32. The van der Waals surface area contributed by atoms with Gasteiger partial charge in [0.2, 0.25) is 0 Å². The van der Waals surface area contributed by atoms with Gasteiger partial charge in [0.05, 0.1) is 11.5 Å². The maximum atomic E-state index is 12.3. The first kappa shape index (κ1) is 24.2. The fraction of sp³-hybridized carbons (Fsp3) is 0.310. The van der Waals surface area contributed by atoms with Crippen molar-refractivity contribution in [1.82, 2.24) is 0 Å². The zero-order chi connectivity index (χ0) is 24.0. The second-order valence-corrected chi connectivity index (χ2v) is 9.27. The van der Waals surface area contributed by atoms with Crippen molar-refractivity contribution in [2.24, 2.45) is 5.41 Å². The van der Waals surface area contributed by atoms with Crippen molar-refractivity contribution >= 4 is 16.9 Å². The highest BCUT2D eigenvalue weighted by atomic mass is 16.5. The minimum atomic E-state index is -0.562. The molecule has 1 aromatic heterocycles. The van der Waals surface area contributed by atoms with Crippen LogP contribution in [0.1, 0.15) is 53.9 Å². The summed E-state index contributed by atoms with van der Waals surface area (Å²) in [4.78, 5) is 24.1. The first-order chi connectivity index (χ1) is 15.7. The molecule has 0 saturated heterocycles. The summed E-state index contributed by atoms with van der Waals surface area (Å²) in [7, 11) is 0. The Morgan fingerprint density at radius 1 is 1.12 bits per heavy atom. The van der Waals surface area contributed by atoms with Crippen LogP contribution in [0.15, 0.2) is 98.3 Å². The van der Waals surface area contributed by atoms with Crippen LogP contribution >= 0.6 is 0 Å². The molecule has 0 radical (unpaired) electrons. The monoisotopic (exact) mass is 444 g/mol. The smallest absolute Gasteiger partial charge is 0.339 e. The van der Waals surface area contributed by atoms with E-state index in [2.05, 4.69) is 39.8 Å². The van der Waals surface area contributed by atoms with Gasteiger partial charge in [-0.3, -0.25) is 0 Å². The van der Waals surface area contributed by atoms with Crippen LogP contribution in [0.2, 0.25) is 0 Å². The van der Waals surface area contributed by atoms with Crippen molar-refractivity contribution in [3.8, 4) is 5.75 Å². The number of rotatable bonds is 6. The normalized spacial score (nSPS) is 17.4. The van der Waals surface area contributed by atoms with Crippen molar-refractivity contribution in [2.75, 3.05) is 0 Å². The van der Waals surface area contributed by atoms with Crippen LogP contribution in [0.4, 0.5) is 0 Å². The third-order valence-electron chi connectivity index (χ3n) is 5.94. The molecule has 0 aliphatic heterocycles. The van der Waals surface area contributed by atoms with Gasteiger partial charge in [0, 0.05) is 6.08 Å². The maximum Gasteiger partial charge on any atom is 0.339 e. The summed E-state index contributed by atoms with van der Waals surface area (Å²) < 4.78 is 10.5. The Bertz CT molecular complexity index is 1250. The topological polar surface area (TPSA) is 56.5 Å². The van der Waals surface area contributed by atoms with Gasteiger partial charge in [-0.25, -0.2) is 9.59 Å². The van der Waals surface area contributed by atoms with Crippen LogP contribution in [0, 0.1) is 5.41 Å². The number of para-hydroxylation sites is 1. The van der Waals surface area contributed by atoms with Gasteiger partial charge in [0.1, 0.15) is 11.3 Å². The number of hydrogen-bond donors (Lipinski definition) is 0. The van der Waals surface area contributed by atoms with Gasteiger partial charge in [-0.15, -0.1) is 0 Å². The van der Waals surface area contributed by atoms with Gasteiger partial charge < -0.3 is 9.15 Å². The fourth-order valence-electron chi connectivity index (χ4n) is 4.17. The minimum absolute atomic E-state index is 0.191. The second kappa shape index (κ2) is 10.5. The molecule has 3 rings (SSSR count). The average molecular weight is 445 g/mol. The molecule has 0 unspecified atom stereocenters. The molecule has 0 amide bonds. The van der Waals surface area contributed by atoms with E-state index < -0.39 is 11.6 Å². The highest BCUT2D eigenvalue weighted by molar-refractivity contribution is 5.90. The van der Waals surface area contributed by atoms with E-state index in [1.54, 1.807) is 24.3 Å². The largest absolute Gasteiger partial charge is 0.422 e. The first-order valence-electron chi connectivity index (χ1n) is 11.3. The predicted molar refractivity (Wildman–Crippen MR) is 134 cm³/mol. The van der Waals surface area contributed by atoms with Gasteiger partial charge in [-0.05, 0) is 68.7 Å². The molecular weight excluding hydrogens is 412 g/mol. The lowest BCUT2D eigenvalue weighted by molar-refractivity contribution is -0.128. The molecule has 33 heavy (non-hydrogen) atoms. The van der Waals surface area contributed by atoms with E-state index in [0.29, 0.717) is 11.0 Å². The van der Waals surface area contributed by atoms with Crippen molar-refractivity contribution in [3.63, 3.8) is 0 Å². The van der Waals surface area contributed by atoms with Gasteiger partial charge in [0.15, 0.2) is 0 Å². The number of hydrogen-bond acceptors (Lipinski definition) is 4. The molecule has 0 saturated carbocycles. The lowest BCUT2D eigenvalue weighted by Crippen LogP contribution is -2.19. The van der Waals surface area contributed by atoms with Crippen LogP contribution in [0.3, 0.4) is 0 Å². The highest BCUT2D eigenvalue weighted by Crippen LogP contribution is 2.40. The summed E-state index contributed by atoms with van der Waals surface area (Å²) in [6.07, 6.45) is 15.2. The second-order valence-electron chi connectivity index (χ2n) is 9.27. The summed E-state index contributed by atoms with van der Waals surface area (Å²) in [5.74, 6) is -0.355. The number of fused-ring (bicyclic) bond motifs is 1. The third-order valence-corrected chi connectivity index (χ3v) is 5.94. The molecule has 172 valence electrons. The molecule has 0 fully saturated rings. The quantitative estimate of drug-likeness (QED) is 0.204. The highest BCUT2D eigenvalue weighted by Gasteiger charge is 2.26. The predicted octanol–water partition coefficient (Wildman–Crippen LogP) is 7.23. The van der Waals surface area contributed by atoms with Crippen molar-refractivity contribution in [3.05, 3.63) is 99.5 Å². The standard InChI is InChI=1S/C29H32O4/c1-20(15-16-24-22(3)12-9-17-29(24,4)5)10-8-11-21(2)18-27(30)33-26-19-28(31)32-25-14-7-6-13-23(25)26/h6-8,10-11,13-16,18-19H,9,12,17H2,1-5H3/b11-8+,16-15+,20-10+,21-18+. The van der Waals surface area contributed by atoms with E-state index in [1.165, 1.54) is 42.6 Å². The Hall–Kier alpha value is -3.40. The summed E-state index contributed by atoms with van der Waals surface area (Å²) in [5, 5.41) is 0.573. The molecule has 1 aromatic carbocycles.